The Morgan fingerprint density at radius 2 is 0.818 bits per heavy atom. The van der Waals surface area contributed by atoms with Gasteiger partial charge < -0.3 is 25.6 Å². The molecule has 0 heterocycles. The lowest BCUT2D eigenvalue weighted by atomic mass is 10.0. The van der Waals surface area contributed by atoms with Crippen LogP contribution < -0.4 is 10.6 Å². The number of aliphatic hydroxyl groups is 1. The zero-order valence-electron chi connectivity index (χ0n) is 42.7. The summed E-state index contributed by atoms with van der Waals surface area (Å²) in [5, 5.41) is 22.6. The maximum absolute atomic E-state index is 12.9. The number of hydrogen-bond donors (Lipinski definition) is 4. The molecule has 66 heavy (non-hydrogen) atoms. The lowest BCUT2D eigenvalue weighted by Crippen LogP contribution is -2.47. The summed E-state index contributed by atoms with van der Waals surface area (Å²) in [4.78, 5) is 47.9. The van der Waals surface area contributed by atoms with E-state index >= 15 is 0 Å². The van der Waals surface area contributed by atoms with Crippen LogP contribution in [-0.4, -0.2) is 59.3 Å². The standard InChI is InChI=1S/C57H102N2O7/c1-3-5-7-9-11-13-15-17-19-20-21-22-23-24-25-26-28-30-32-34-36-41-45-49-56(63)66-52(46-42-38-35-33-31-29-27-18-16-14-12-10-8-6-4-2)47-43-39-37-40-44-48-54(61)58-50-55(62)59-53(51-60)57(64)65/h15-18,20-21,29,31,52-53,60H,3-14,19,22-28,30,32-51H2,1-2H3,(H,58,61)(H,59,62)(H,64,65)/b17-15-,18-16-,21-20-,31-29-. The highest BCUT2D eigenvalue weighted by Gasteiger charge is 2.19. The number of carboxylic acids is 1. The minimum Gasteiger partial charge on any atom is -0.480 e. The van der Waals surface area contributed by atoms with Crippen molar-refractivity contribution in [2.45, 2.75) is 276 Å². The van der Waals surface area contributed by atoms with Gasteiger partial charge in [0.1, 0.15) is 12.1 Å². The van der Waals surface area contributed by atoms with Crippen LogP contribution in [0.2, 0.25) is 0 Å². The molecule has 0 aliphatic rings. The third kappa shape index (κ3) is 47.3. The Morgan fingerprint density at radius 1 is 0.455 bits per heavy atom. The first kappa shape index (κ1) is 62.8. The molecule has 2 unspecified atom stereocenters. The molecule has 382 valence electrons. The summed E-state index contributed by atoms with van der Waals surface area (Å²) >= 11 is 0. The van der Waals surface area contributed by atoms with Crippen LogP contribution >= 0.6 is 0 Å². The van der Waals surface area contributed by atoms with Crippen molar-refractivity contribution in [2.75, 3.05) is 13.2 Å². The predicted molar refractivity (Wildman–Crippen MR) is 278 cm³/mol. The van der Waals surface area contributed by atoms with Crippen LogP contribution in [0, 0.1) is 0 Å². The fraction of sp³-hybridized carbons (Fsp3) is 0.789. The summed E-state index contributed by atoms with van der Waals surface area (Å²) in [6, 6.07) is -1.39. The average molecular weight is 927 g/mol. The van der Waals surface area contributed by atoms with E-state index in [1.807, 2.05) is 0 Å². The SMILES string of the molecule is CCCCCCC/C=C\C/C=C\CCCCCCCCCCCCCC(=O)OC(CCCCC/C=C\C/C=C\CCCCCCC)CCCCCCCC(=O)NCC(=O)NC(CO)C(=O)O. The summed E-state index contributed by atoms with van der Waals surface area (Å²) in [5.74, 6) is -2.30. The van der Waals surface area contributed by atoms with E-state index in [-0.39, 0.29) is 30.9 Å². The molecule has 0 saturated heterocycles. The molecule has 2 atom stereocenters. The second-order valence-electron chi connectivity index (χ2n) is 18.7. The van der Waals surface area contributed by atoms with E-state index in [1.165, 1.54) is 141 Å². The van der Waals surface area contributed by atoms with Crippen LogP contribution in [-0.2, 0) is 23.9 Å². The number of carboxylic acid groups (broad SMARTS) is 1. The second-order valence-corrected chi connectivity index (χ2v) is 18.7. The normalized spacial score (nSPS) is 12.8. The molecule has 0 saturated carbocycles. The quantitative estimate of drug-likeness (QED) is 0.0270. The van der Waals surface area contributed by atoms with Crippen molar-refractivity contribution in [3.05, 3.63) is 48.6 Å². The van der Waals surface area contributed by atoms with Gasteiger partial charge in [-0.1, -0.05) is 197 Å². The number of unbranched alkanes of at least 4 members (excludes halogenated alkanes) is 28. The number of nitrogens with one attached hydrogen (secondary N) is 2. The Labute approximate surface area is 405 Å². The highest BCUT2D eigenvalue weighted by atomic mass is 16.5. The Bertz CT molecular complexity index is 1250. The van der Waals surface area contributed by atoms with Crippen LogP contribution in [0.25, 0.3) is 0 Å². The van der Waals surface area contributed by atoms with E-state index in [2.05, 4.69) is 73.1 Å². The van der Waals surface area contributed by atoms with Crippen molar-refractivity contribution < 1.29 is 34.1 Å². The molecule has 0 spiro atoms. The molecule has 0 aliphatic carbocycles. The van der Waals surface area contributed by atoms with Gasteiger partial charge in [0.2, 0.25) is 11.8 Å². The highest BCUT2D eigenvalue weighted by molar-refractivity contribution is 5.87. The molecular formula is C57H102N2O7. The number of ether oxygens (including phenoxy) is 1. The van der Waals surface area contributed by atoms with Gasteiger partial charge in [-0.2, -0.15) is 0 Å². The maximum atomic E-state index is 12.9. The van der Waals surface area contributed by atoms with Gasteiger partial charge in [-0.25, -0.2) is 4.79 Å². The van der Waals surface area contributed by atoms with Gasteiger partial charge in [-0.15, -0.1) is 0 Å². The van der Waals surface area contributed by atoms with Crippen LogP contribution in [0.4, 0.5) is 0 Å². The molecule has 0 aromatic rings. The summed E-state index contributed by atoms with van der Waals surface area (Å²) in [5.41, 5.74) is 0. The van der Waals surface area contributed by atoms with Crippen molar-refractivity contribution in [1.29, 1.82) is 0 Å². The van der Waals surface area contributed by atoms with Crippen LogP contribution in [0.15, 0.2) is 48.6 Å². The summed E-state index contributed by atoms with van der Waals surface area (Å²) in [7, 11) is 0. The Kier molecular flexibility index (Phi) is 48.7. The van der Waals surface area contributed by atoms with Crippen molar-refractivity contribution in [3.63, 3.8) is 0 Å². The molecule has 0 rings (SSSR count). The minimum absolute atomic E-state index is 0.0398. The van der Waals surface area contributed by atoms with E-state index < -0.39 is 24.5 Å². The number of aliphatic carboxylic acids is 1. The first-order valence-electron chi connectivity index (χ1n) is 27.5. The molecule has 9 nitrogen and oxygen atoms in total. The van der Waals surface area contributed by atoms with Crippen molar-refractivity contribution >= 4 is 23.8 Å². The molecular weight excluding hydrogens is 825 g/mol. The number of carbonyl (C=O) groups excluding carboxylic acids is 3. The monoisotopic (exact) mass is 927 g/mol. The Balaban J connectivity index is 4.28. The summed E-state index contributed by atoms with van der Waals surface area (Å²) in [6.45, 7) is 3.48. The van der Waals surface area contributed by atoms with Crippen molar-refractivity contribution in [3.8, 4) is 0 Å². The van der Waals surface area contributed by atoms with Crippen LogP contribution in [0.5, 0.6) is 0 Å². The highest BCUT2D eigenvalue weighted by Crippen LogP contribution is 2.19. The van der Waals surface area contributed by atoms with Crippen molar-refractivity contribution in [2.24, 2.45) is 0 Å². The molecule has 4 N–H and O–H groups in total. The fourth-order valence-corrected chi connectivity index (χ4v) is 8.07. The predicted octanol–water partition coefficient (Wildman–Crippen LogP) is 15.1. The summed E-state index contributed by atoms with van der Waals surface area (Å²) in [6.07, 6.45) is 62.9. The third-order valence-corrected chi connectivity index (χ3v) is 12.3. The van der Waals surface area contributed by atoms with Gasteiger partial charge in [0.25, 0.3) is 0 Å². The average Bonchev–Trinajstić information content (AvgIpc) is 3.30. The van der Waals surface area contributed by atoms with E-state index in [4.69, 9.17) is 14.9 Å². The third-order valence-electron chi connectivity index (χ3n) is 12.3. The lowest BCUT2D eigenvalue weighted by Gasteiger charge is -2.18. The zero-order chi connectivity index (χ0) is 48.2. The molecule has 9 heteroatoms. The zero-order valence-corrected chi connectivity index (χ0v) is 42.7. The Hall–Kier alpha value is -3.20. The largest absolute Gasteiger partial charge is 0.480 e. The molecule has 0 aliphatic heterocycles. The van der Waals surface area contributed by atoms with Gasteiger partial charge in [-0.05, 0) is 103 Å². The minimum atomic E-state index is -1.39. The van der Waals surface area contributed by atoms with E-state index in [0.29, 0.717) is 12.8 Å². The van der Waals surface area contributed by atoms with Crippen molar-refractivity contribution in [1.82, 2.24) is 10.6 Å². The molecule has 0 aromatic heterocycles. The molecule has 2 amide bonds. The van der Waals surface area contributed by atoms with E-state index in [0.717, 1.165) is 89.9 Å². The van der Waals surface area contributed by atoms with Gasteiger partial charge in [0.05, 0.1) is 13.2 Å². The molecule has 0 fully saturated rings. The van der Waals surface area contributed by atoms with Gasteiger partial charge >= 0.3 is 11.9 Å². The van der Waals surface area contributed by atoms with Gasteiger partial charge in [-0.3, -0.25) is 14.4 Å². The van der Waals surface area contributed by atoms with Crippen LogP contribution in [0.1, 0.15) is 264 Å². The molecule has 0 aromatic carbocycles. The first-order valence-corrected chi connectivity index (χ1v) is 27.5. The second kappa shape index (κ2) is 51.2. The number of allylic oxidation sites excluding steroid dienone is 8. The number of carbonyl (C=O) groups is 4. The fourth-order valence-electron chi connectivity index (χ4n) is 8.07. The molecule has 0 radical (unpaired) electrons. The first-order chi connectivity index (χ1) is 32.3. The number of rotatable bonds is 50. The smallest absolute Gasteiger partial charge is 0.328 e. The number of hydrogen-bond acceptors (Lipinski definition) is 6. The number of amides is 2. The maximum Gasteiger partial charge on any atom is 0.328 e. The lowest BCUT2D eigenvalue weighted by molar-refractivity contribution is -0.150. The Morgan fingerprint density at radius 3 is 1.23 bits per heavy atom. The van der Waals surface area contributed by atoms with Gasteiger partial charge in [0, 0.05) is 12.8 Å². The topological polar surface area (TPSA) is 142 Å². The van der Waals surface area contributed by atoms with Crippen LogP contribution in [0.3, 0.4) is 0 Å². The van der Waals surface area contributed by atoms with E-state index in [1.54, 1.807) is 0 Å². The number of aliphatic hydroxyl groups excluding tert-OH is 1. The summed E-state index contributed by atoms with van der Waals surface area (Å²) < 4.78 is 6.07. The number of esters is 1. The van der Waals surface area contributed by atoms with E-state index in [9.17, 15) is 19.2 Å². The van der Waals surface area contributed by atoms with Gasteiger partial charge in [0.15, 0.2) is 0 Å². The molecule has 0 bridgehead atoms.